The third kappa shape index (κ3) is 3.21. The molecular weight excluding hydrogens is 262 g/mol. The van der Waals surface area contributed by atoms with E-state index >= 15 is 0 Å². The van der Waals surface area contributed by atoms with Crippen LogP contribution in [0.4, 0.5) is 0 Å². The molecule has 102 valence electrons. The van der Waals surface area contributed by atoms with E-state index in [1.807, 2.05) is 29.0 Å². The van der Waals surface area contributed by atoms with Gasteiger partial charge < -0.3 is 9.30 Å². The van der Waals surface area contributed by atoms with Gasteiger partial charge in [-0.2, -0.15) is 0 Å². The second-order valence-corrected chi connectivity index (χ2v) is 5.05. The molecule has 1 unspecified atom stereocenters. The number of aryl methyl sites for hydroxylation is 1. The first-order valence-electron chi connectivity index (χ1n) is 6.10. The van der Waals surface area contributed by atoms with Crippen molar-refractivity contribution in [2.45, 2.75) is 26.1 Å². The zero-order valence-corrected chi connectivity index (χ0v) is 11.8. The Kier molecular flexibility index (Phi) is 4.70. The number of methoxy groups -OCH3 is 1. The van der Waals surface area contributed by atoms with Gasteiger partial charge in [-0.25, -0.2) is 9.78 Å². The molecule has 1 atom stereocenters. The van der Waals surface area contributed by atoms with E-state index in [1.165, 1.54) is 12.0 Å². The summed E-state index contributed by atoms with van der Waals surface area (Å²) in [6.07, 6.45) is 3.42. The number of imidazole rings is 1. The van der Waals surface area contributed by atoms with E-state index in [9.17, 15) is 4.79 Å². The monoisotopic (exact) mass is 279 g/mol. The van der Waals surface area contributed by atoms with Crippen molar-refractivity contribution in [3.8, 4) is 0 Å². The topological polar surface area (TPSA) is 56.2 Å². The smallest absolute Gasteiger partial charge is 0.329 e. The number of nitrogens with zero attached hydrogens (tertiary/aromatic N) is 2. The molecule has 0 saturated heterocycles. The minimum atomic E-state index is -0.491. The predicted octanol–water partition coefficient (Wildman–Crippen LogP) is 1.97. The summed E-state index contributed by atoms with van der Waals surface area (Å²) in [5, 5.41) is 5.24. The SMILES string of the molecule is CCn1cncc1C(NCc1cccs1)C(=O)OC. The van der Waals surface area contributed by atoms with Crippen LogP contribution in [0.15, 0.2) is 30.0 Å². The van der Waals surface area contributed by atoms with E-state index in [0.717, 1.165) is 12.2 Å². The lowest BCUT2D eigenvalue weighted by Crippen LogP contribution is -2.30. The lowest BCUT2D eigenvalue weighted by atomic mass is 10.2. The summed E-state index contributed by atoms with van der Waals surface area (Å²) in [6, 6.07) is 3.53. The van der Waals surface area contributed by atoms with Gasteiger partial charge >= 0.3 is 5.97 Å². The van der Waals surface area contributed by atoms with E-state index < -0.39 is 6.04 Å². The van der Waals surface area contributed by atoms with Crippen molar-refractivity contribution >= 4 is 17.3 Å². The fourth-order valence-electron chi connectivity index (χ4n) is 1.88. The van der Waals surface area contributed by atoms with Crippen molar-refractivity contribution in [1.82, 2.24) is 14.9 Å². The molecule has 19 heavy (non-hydrogen) atoms. The molecule has 2 rings (SSSR count). The van der Waals surface area contributed by atoms with E-state index in [2.05, 4.69) is 10.3 Å². The number of hydrogen-bond donors (Lipinski definition) is 1. The standard InChI is InChI=1S/C13H17N3O2S/c1-3-16-9-14-8-11(16)12(13(17)18-2)15-7-10-5-4-6-19-10/h4-6,8-9,12,15H,3,7H2,1-2H3. The largest absolute Gasteiger partial charge is 0.468 e. The number of thiophene rings is 1. The fourth-order valence-corrected chi connectivity index (χ4v) is 2.53. The predicted molar refractivity (Wildman–Crippen MR) is 73.8 cm³/mol. The van der Waals surface area contributed by atoms with Crippen molar-refractivity contribution < 1.29 is 9.53 Å². The molecule has 2 heterocycles. The van der Waals surface area contributed by atoms with Gasteiger partial charge in [-0.05, 0) is 18.4 Å². The number of ether oxygens (including phenoxy) is 1. The normalized spacial score (nSPS) is 12.3. The molecule has 1 N–H and O–H groups in total. The van der Waals surface area contributed by atoms with Crippen molar-refractivity contribution in [2.24, 2.45) is 0 Å². The number of hydrogen-bond acceptors (Lipinski definition) is 5. The van der Waals surface area contributed by atoms with Gasteiger partial charge in [-0.1, -0.05) is 6.07 Å². The minimum Gasteiger partial charge on any atom is -0.468 e. The van der Waals surface area contributed by atoms with Crippen LogP contribution in [0.25, 0.3) is 0 Å². The van der Waals surface area contributed by atoms with E-state index in [1.54, 1.807) is 23.9 Å². The molecule has 0 aliphatic heterocycles. The van der Waals surface area contributed by atoms with Crippen molar-refractivity contribution in [2.75, 3.05) is 7.11 Å². The van der Waals surface area contributed by atoms with Crippen LogP contribution in [0.5, 0.6) is 0 Å². The molecule has 0 radical (unpaired) electrons. The molecule has 0 aliphatic carbocycles. The zero-order valence-electron chi connectivity index (χ0n) is 11.0. The molecule has 0 bridgehead atoms. The molecule has 0 fully saturated rings. The van der Waals surface area contributed by atoms with Crippen LogP contribution >= 0.6 is 11.3 Å². The summed E-state index contributed by atoms with van der Waals surface area (Å²) in [7, 11) is 1.40. The van der Waals surface area contributed by atoms with Gasteiger partial charge in [0, 0.05) is 18.0 Å². The first-order chi connectivity index (χ1) is 9.26. The number of carbonyl (C=O) groups excluding carboxylic acids is 1. The number of carbonyl (C=O) groups is 1. The number of nitrogens with one attached hydrogen (secondary N) is 1. The molecule has 2 aromatic rings. The summed E-state index contributed by atoms with van der Waals surface area (Å²) < 4.78 is 6.80. The van der Waals surface area contributed by atoms with Gasteiger partial charge in [0.05, 0.1) is 25.3 Å². The highest BCUT2D eigenvalue weighted by Crippen LogP contribution is 2.16. The highest BCUT2D eigenvalue weighted by atomic mass is 32.1. The Hall–Kier alpha value is -1.66. The van der Waals surface area contributed by atoms with Gasteiger partial charge in [0.2, 0.25) is 0 Å². The van der Waals surface area contributed by atoms with Gasteiger partial charge in [-0.3, -0.25) is 5.32 Å². The Balaban J connectivity index is 2.14. The lowest BCUT2D eigenvalue weighted by Gasteiger charge is -2.17. The van der Waals surface area contributed by atoms with Crippen LogP contribution in [-0.4, -0.2) is 22.6 Å². The Morgan fingerprint density at radius 1 is 1.63 bits per heavy atom. The van der Waals surface area contributed by atoms with Gasteiger partial charge in [0.15, 0.2) is 0 Å². The quantitative estimate of drug-likeness (QED) is 0.821. The molecular formula is C13H17N3O2S. The molecule has 0 aromatic carbocycles. The van der Waals surface area contributed by atoms with Crippen LogP contribution in [0.1, 0.15) is 23.5 Å². The van der Waals surface area contributed by atoms with Crippen molar-refractivity contribution in [3.63, 3.8) is 0 Å². The third-order valence-electron chi connectivity index (χ3n) is 2.88. The first-order valence-corrected chi connectivity index (χ1v) is 6.97. The average molecular weight is 279 g/mol. The van der Waals surface area contributed by atoms with Crippen LogP contribution in [0.2, 0.25) is 0 Å². The molecule has 0 spiro atoms. The Morgan fingerprint density at radius 2 is 2.47 bits per heavy atom. The van der Waals surface area contributed by atoms with Gasteiger partial charge in [-0.15, -0.1) is 11.3 Å². The molecule has 0 saturated carbocycles. The van der Waals surface area contributed by atoms with Crippen molar-refractivity contribution in [3.05, 3.63) is 40.6 Å². The Morgan fingerprint density at radius 3 is 3.11 bits per heavy atom. The van der Waals surface area contributed by atoms with Crippen molar-refractivity contribution in [1.29, 1.82) is 0 Å². The third-order valence-corrected chi connectivity index (χ3v) is 3.75. The fraction of sp³-hybridized carbons (Fsp3) is 0.385. The average Bonchev–Trinajstić information content (AvgIpc) is 3.09. The second-order valence-electron chi connectivity index (χ2n) is 4.02. The summed E-state index contributed by atoms with van der Waals surface area (Å²) >= 11 is 1.65. The van der Waals surface area contributed by atoms with Crippen LogP contribution in [0, 0.1) is 0 Å². The molecule has 0 aliphatic rings. The number of aromatic nitrogens is 2. The Bertz CT molecular complexity index is 522. The lowest BCUT2D eigenvalue weighted by molar-refractivity contribution is -0.143. The highest BCUT2D eigenvalue weighted by molar-refractivity contribution is 7.09. The molecule has 5 nitrogen and oxygen atoms in total. The minimum absolute atomic E-state index is 0.299. The Labute approximate surface area is 116 Å². The van der Waals surface area contributed by atoms with E-state index in [4.69, 9.17) is 4.74 Å². The second kappa shape index (κ2) is 6.49. The van der Waals surface area contributed by atoms with Gasteiger partial charge in [0.25, 0.3) is 0 Å². The maximum atomic E-state index is 11.9. The van der Waals surface area contributed by atoms with Gasteiger partial charge in [0.1, 0.15) is 6.04 Å². The first kappa shape index (κ1) is 13.8. The maximum absolute atomic E-state index is 11.9. The van der Waals surface area contributed by atoms with E-state index in [-0.39, 0.29) is 5.97 Å². The summed E-state index contributed by atoms with van der Waals surface area (Å²) in [5.74, 6) is -0.299. The molecule has 0 amide bonds. The molecule has 2 aromatic heterocycles. The zero-order chi connectivity index (χ0) is 13.7. The summed E-state index contributed by atoms with van der Waals surface area (Å²) in [5.41, 5.74) is 0.825. The number of esters is 1. The summed E-state index contributed by atoms with van der Waals surface area (Å²) in [4.78, 5) is 17.2. The van der Waals surface area contributed by atoms with Crippen LogP contribution < -0.4 is 5.32 Å². The highest BCUT2D eigenvalue weighted by Gasteiger charge is 2.24. The van der Waals surface area contributed by atoms with Crippen LogP contribution in [-0.2, 0) is 22.6 Å². The van der Waals surface area contributed by atoms with E-state index in [0.29, 0.717) is 6.54 Å². The summed E-state index contributed by atoms with van der Waals surface area (Å²) in [6.45, 7) is 3.41. The van der Waals surface area contributed by atoms with Crippen LogP contribution in [0.3, 0.4) is 0 Å². The maximum Gasteiger partial charge on any atom is 0.329 e. The molecule has 6 heteroatoms. The number of rotatable bonds is 6.